The number of nitrogens with zero attached hydrogens (tertiary/aromatic N) is 3. The molecule has 1 aliphatic rings. The molecule has 1 fully saturated rings. The van der Waals surface area contributed by atoms with Crippen LogP contribution in [-0.2, 0) is 10.9 Å². The van der Waals surface area contributed by atoms with Crippen LogP contribution in [0.3, 0.4) is 0 Å². The first-order valence-electron chi connectivity index (χ1n) is 6.23. The smallest absolute Gasteiger partial charge is 0.375 e. The van der Waals surface area contributed by atoms with E-state index in [1.165, 1.54) is 6.07 Å². The predicted octanol–water partition coefficient (Wildman–Crippen LogP) is 1.40. The van der Waals surface area contributed by atoms with Crippen molar-refractivity contribution < 1.29 is 17.9 Å². The number of nitrogen functional groups attached to an aromatic ring is 1. The highest BCUT2D eigenvalue weighted by molar-refractivity contribution is 5.49. The average molecular weight is 291 g/mol. The van der Waals surface area contributed by atoms with E-state index >= 15 is 0 Å². The molecule has 20 heavy (non-hydrogen) atoms. The van der Waals surface area contributed by atoms with E-state index in [0.29, 0.717) is 19.7 Å². The molecule has 1 aromatic heterocycles. The summed E-state index contributed by atoms with van der Waals surface area (Å²) in [6, 6.07) is 1.40. The molecule has 0 aromatic carbocycles. The lowest BCUT2D eigenvalue weighted by molar-refractivity contribution is -0.144. The number of nitrogens with two attached hydrogens (primary N) is 1. The summed E-state index contributed by atoms with van der Waals surface area (Å²) in [6.07, 6.45) is -3.84. The summed E-state index contributed by atoms with van der Waals surface area (Å²) in [6.45, 7) is 3.39. The molecule has 0 radical (unpaired) electrons. The normalized spacial score (nSPS) is 20.1. The Balaban J connectivity index is 2.30. The van der Waals surface area contributed by atoms with Crippen molar-refractivity contribution in [2.45, 2.75) is 25.6 Å². The standard InChI is InChI=1S/C11H16F3N5O/c1-2-7-6-19(3-4-20-7)9-5-8(18-15)16-10(17-9)11(12,13)14/h5,7H,2-4,6,15H2,1H3,(H,16,17,18). The van der Waals surface area contributed by atoms with Crippen LogP contribution in [0, 0.1) is 0 Å². The van der Waals surface area contributed by atoms with Crippen molar-refractivity contribution in [1.82, 2.24) is 9.97 Å². The van der Waals surface area contributed by atoms with Gasteiger partial charge in [-0.2, -0.15) is 13.2 Å². The van der Waals surface area contributed by atoms with E-state index in [-0.39, 0.29) is 17.7 Å². The molecule has 0 bridgehead atoms. The number of morpholine rings is 1. The maximum absolute atomic E-state index is 12.8. The molecule has 0 amide bonds. The van der Waals surface area contributed by atoms with E-state index in [4.69, 9.17) is 10.6 Å². The zero-order valence-corrected chi connectivity index (χ0v) is 10.9. The predicted molar refractivity (Wildman–Crippen MR) is 67.1 cm³/mol. The Morgan fingerprint density at radius 2 is 2.25 bits per heavy atom. The van der Waals surface area contributed by atoms with Gasteiger partial charge in [-0.25, -0.2) is 15.8 Å². The molecule has 1 aromatic rings. The summed E-state index contributed by atoms with van der Waals surface area (Å²) in [7, 11) is 0. The quantitative estimate of drug-likeness (QED) is 0.647. The lowest BCUT2D eigenvalue weighted by Gasteiger charge is -2.33. The van der Waals surface area contributed by atoms with Crippen molar-refractivity contribution in [3.63, 3.8) is 0 Å². The van der Waals surface area contributed by atoms with Crippen LogP contribution in [0.5, 0.6) is 0 Å². The zero-order chi connectivity index (χ0) is 14.8. The number of anilines is 2. The number of ether oxygens (including phenoxy) is 1. The number of aromatic nitrogens is 2. The van der Waals surface area contributed by atoms with Crippen molar-refractivity contribution in [3.8, 4) is 0 Å². The molecule has 1 saturated heterocycles. The van der Waals surface area contributed by atoms with E-state index in [1.54, 1.807) is 4.90 Å². The van der Waals surface area contributed by atoms with Crippen molar-refractivity contribution in [2.75, 3.05) is 30.0 Å². The Bertz CT molecular complexity index is 468. The van der Waals surface area contributed by atoms with Crippen molar-refractivity contribution in [3.05, 3.63) is 11.9 Å². The van der Waals surface area contributed by atoms with E-state index in [0.717, 1.165) is 6.42 Å². The Kier molecular flexibility index (Phi) is 4.29. The van der Waals surface area contributed by atoms with Gasteiger partial charge in [-0.05, 0) is 6.42 Å². The molecule has 112 valence electrons. The van der Waals surface area contributed by atoms with Gasteiger partial charge in [-0.1, -0.05) is 6.92 Å². The summed E-state index contributed by atoms with van der Waals surface area (Å²) >= 11 is 0. The molecule has 1 atom stereocenters. The molecule has 0 aliphatic carbocycles. The molecular formula is C11H16F3N5O. The highest BCUT2D eigenvalue weighted by Crippen LogP contribution is 2.29. The van der Waals surface area contributed by atoms with Crippen LogP contribution in [0.15, 0.2) is 6.07 Å². The monoisotopic (exact) mass is 291 g/mol. The van der Waals surface area contributed by atoms with Gasteiger partial charge in [0.05, 0.1) is 12.7 Å². The fourth-order valence-corrected chi connectivity index (χ4v) is 1.97. The maximum atomic E-state index is 12.8. The summed E-state index contributed by atoms with van der Waals surface area (Å²) < 4.78 is 43.8. The minimum absolute atomic E-state index is 0.0117. The van der Waals surface area contributed by atoms with Crippen LogP contribution in [-0.4, -0.2) is 35.8 Å². The second-order valence-electron chi connectivity index (χ2n) is 4.42. The van der Waals surface area contributed by atoms with Crippen LogP contribution < -0.4 is 16.2 Å². The number of rotatable bonds is 3. The number of hydrogen-bond donors (Lipinski definition) is 2. The van der Waals surface area contributed by atoms with Gasteiger partial charge in [-0.3, -0.25) is 0 Å². The van der Waals surface area contributed by atoms with Crippen LogP contribution in [0.2, 0.25) is 0 Å². The molecule has 2 heterocycles. The van der Waals surface area contributed by atoms with Gasteiger partial charge < -0.3 is 15.1 Å². The van der Waals surface area contributed by atoms with E-state index < -0.39 is 12.0 Å². The van der Waals surface area contributed by atoms with Crippen LogP contribution in [0.1, 0.15) is 19.2 Å². The Hall–Kier alpha value is -1.61. The average Bonchev–Trinajstić information content (AvgIpc) is 2.46. The molecule has 3 N–H and O–H groups in total. The van der Waals surface area contributed by atoms with Crippen LogP contribution in [0.25, 0.3) is 0 Å². The lowest BCUT2D eigenvalue weighted by atomic mass is 10.2. The van der Waals surface area contributed by atoms with Crippen molar-refractivity contribution in [2.24, 2.45) is 5.84 Å². The minimum atomic E-state index is -4.61. The Morgan fingerprint density at radius 3 is 2.85 bits per heavy atom. The van der Waals surface area contributed by atoms with Gasteiger partial charge in [-0.15, -0.1) is 0 Å². The fourth-order valence-electron chi connectivity index (χ4n) is 1.97. The minimum Gasteiger partial charge on any atom is -0.375 e. The lowest BCUT2D eigenvalue weighted by Crippen LogP contribution is -2.42. The topological polar surface area (TPSA) is 76.3 Å². The van der Waals surface area contributed by atoms with Crippen LogP contribution in [0.4, 0.5) is 24.8 Å². The molecular weight excluding hydrogens is 275 g/mol. The third-order valence-electron chi connectivity index (χ3n) is 3.03. The van der Waals surface area contributed by atoms with Gasteiger partial charge in [0, 0.05) is 19.2 Å². The molecule has 2 rings (SSSR count). The molecule has 6 nitrogen and oxygen atoms in total. The van der Waals surface area contributed by atoms with Gasteiger partial charge in [0.15, 0.2) is 0 Å². The Labute approximate surface area is 114 Å². The first-order valence-corrected chi connectivity index (χ1v) is 6.23. The number of halogens is 3. The van der Waals surface area contributed by atoms with E-state index in [1.807, 2.05) is 6.92 Å². The second-order valence-corrected chi connectivity index (χ2v) is 4.42. The number of alkyl halides is 3. The SMILES string of the molecule is CCC1CN(c2cc(NN)nc(C(F)(F)F)n2)CCO1. The summed E-state index contributed by atoms with van der Waals surface area (Å²) in [5.74, 6) is 4.09. The number of nitrogens with one attached hydrogen (secondary N) is 1. The van der Waals surface area contributed by atoms with Gasteiger partial charge in [0.1, 0.15) is 11.6 Å². The third kappa shape index (κ3) is 3.28. The highest BCUT2D eigenvalue weighted by Gasteiger charge is 2.36. The molecule has 9 heteroatoms. The second kappa shape index (κ2) is 5.80. The van der Waals surface area contributed by atoms with Crippen LogP contribution >= 0.6 is 0 Å². The van der Waals surface area contributed by atoms with E-state index in [9.17, 15) is 13.2 Å². The summed E-state index contributed by atoms with van der Waals surface area (Å²) in [4.78, 5) is 8.66. The van der Waals surface area contributed by atoms with Crippen molar-refractivity contribution in [1.29, 1.82) is 0 Å². The largest absolute Gasteiger partial charge is 0.451 e. The molecule has 0 spiro atoms. The first-order chi connectivity index (χ1) is 9.44. The van der Waals surface area contributed by atoms with Crippen molar-refractivity contribution >= 4 is 11.6 Å². The summed E-state index contributed by atoms with van der Waals surface area (Å²) in [5.41, 5.74) is 2.14. The highest BCUT2D eigenvalue weighted by atomic mass is 19.4. The Morgan fingerprint density at radius 1 is 1.50 bits per heavy atom. The maximum Gasteiger partial charge on any atom is 0.451 e. The first kappa shape index (κ1) is 14.8. The zero-order valence-electron chi connectivity index (χ0n) is 10.9. The summed E-state index contributed by atoms with van der Waals surface area (Å²) in [5, 5.41) is 0. The molecule has 1 aliphatic heterocycles. The fraction of sp³-hybridized carbons (Fsp3) is 0.636. The van der Waals surface area contributed by atoms with E-state index in [2.05, 4.69) is 15.4 Å². The van der Waals surface area contributed by atoms with Gasteiger partial charge in [0.2, 0.25) is 5.82 Å². The van der Waals surface area contributed by atoms with Gasteiger partial charge >= 0.3 is 6.18 Å². The molecule has 1 unspecified atom stereocenters. The number of hydrazine groups is 1. The number of hydrogen-bond acceptors (Lipinski definition) is 6. The van der Waals surface area contributed by atoms with Gasteiger partial charge in [0.25, 0.3) is 0 Å². The molecule has 0 saturated carbocycles. The third-order valence-corrected chi connectivity index (χ3v) is 3.03.